The first-order chi connectivity index (χ1) is 17.7. The van der Waals surface area contributed by atoms with Gasteiger partial charge in [-0.15, -0.1) is 11.3 Å². The summed E-state index contributed by atoms with van der Waals surface area (Å²) < 4.78 is 13.7. The van der Waals surface area contributed by atoms with Gasteiger partial charge in [0.25, 0.3) is 0 Å². The molecule has 0 radical (unpaired) electrons. The molecule has 0 aromatic carbocycles. The molecule has 2 N–H and O–H groups in total. The van der Waals surface area contributed by atoms with Crippen LogP contribution in [0, 0.1) is 5.13 Å². The molecule has 9 heteroatoms. The maximum absolute atomic E-state index is 13.7. The Labute approximate surface area is 210 Å². The Morgan fingerprint density at radius 3 is 2.64 bits per heavy atom. The minimum atomic E-state index is -0.213. The van der Waals surface area contributed by atoms with E-state index in [-0.39, 0.29) is 5.13 Å². The monoisotopic (exact) mass is 495 g/mol. The van der Waals surface area contributed by atoms with Crippen LogP contribution in [-0.4, -0.2) is 48.1 Å². The number of likely N-dealkylation sites (tertiary alicyclic amines) is 1. The molecule has 36 heavy (non-hydrogen) atoms. The van der Waals surface area contributed by atoms with Crippen molar-refractivity contribution in [2.24, 2.45) is 0 Å². The predicted molar refractivity (Wildman–Crippen MR) is 140 cm³/mol. The molecule has 6 aromatic heterocycles. The number of hydrogen-bond acceptors (Lipinski definition) is 6. The van der Waals surface area contributed by atoms with Crippen molar-refractivity contribution in [2.75, 3.05) is 13.1 Å². The SMILES string of the molecule is Fc1ccc(-c2cncc3[nH]c(-c4[nH]nc5ncc(-c6cncc(CN7CCCC7)c6)cc45)cc23)s1. The van der Waals surface area contributed by atoms with Crippen LogP contribution in [0.5, 0.6) is 0 Å². The number of aromatic amines is 2. The van der Waals surface area contributed by atoms with Crippen LogP contribution in [-0.2, 0) is 6.54 Å². The van der Waals surface area contributed by atoms with Gasteiger partial charge in [-0.1, -0.05) is 0 Å². The normalized spacial score (nSPS) is 14.4. The summed E-state index contributed by atoms with van der Waals surface area (Å²) in [6, 6.07) is 9.64. The lowest BCUT2D eigenvalue weighted by molar-refractivity contribution is 0.331. The highest BCUT2D eigenvalue weighted by Crippen LogP contribution is 2.36. The van der Waals surface area contributed by atoms with Crippen molar-refractivity contribution in [3.63, 3.8) is 0 Å². The molecule has 1 saturated heterocycles. The van der Waals surface area contributed by atoms with Crippen LogP contribution in [0.3, 0.4) is 0 Å². The molecule has 0 aliphatic carbocycles. The van der Waals surface area contributed by atoms with Gasteiger partial charge < -0.3 is 4.98 Å². The number of pyridine rings is 3. The summed E-state index contributed by atoms with van der Waals surface area (Å²) in [5.74, 6) is 0. The van der Waals surface area contributed by atoms with E-state index in [0.29, 0.717) is 5.65 Å². The molecule has 1 aliphatic rings. The maximum Gasteiger partial charge on any atom is 0.181 e. The molecule has 1 fully saturated rings. The van der Waals surface area contributed by atoms with E-state index in [9.17, 15) is 4.39 Å². The fraction of sp³-hybridized carbons (Fsp3) is 0.185. The summed E-state index contributed by atoms with van der Waals surface area (Å²) in [6.45, 7) is 3.23. The molecule has 7 nitrogen and oxygen atoms in total. The molecule has 1 aliphatic heterocycles. The molecule has 0 unspecified atom stereocenters. The average molecular weight is 496 g/mol. The zero-order valence-corrected chi connectivity index (χ0v) is 20.1. The Kier molecular flexibility index (Phi) is 5.11. The van der Waals surface area contributed by atoms with Crippen molar-refractivity contribution in [1.82, 2.24) is 35.0 Å². The summed E-state index contributed by atoms with van der Waals surface area (Å²) in [4.78, 5) is 20.2. The molecule has 178 valence electrons. The van der Waals surface area contributed by atoms with Gasteiger partial charge in [0.1, 0.15) is 0 Å². The lowest BCUT2D eigenvalue weighted by atomic mass is 10.1. The highest BCUT2D eigenvalue weighted by atomic mass is 32.1. The smallest absolute Gasteiger partial charge is 0.181 e. The third-order valence-electron chi connectivity index (χ3n) is 6.80. The van der Waals surface area contributed by atoms with Crippen LogP contribution < -0.4 is 0 Å². The molecule has 0 saturated carbocycles. The van der Waals surface area contributed by atoms with Crippen molar-refractivity contribution in [2.45, 2.75) is 19.4 Å². The number of nitrogens with one attached hydrogen (secondary N) is 2. The number of fused-ring (bicyclic) bond motifs is 2. The number of nitrogens with zero attached hydrogens (tertiary/aromatic N) is 5. The van der Waals surface area contributed by atoms with Gasteiger partial charge in [0, 0.05) is 63.7 Å². The standard InChI is InChI=1S/C27H22FN7S/c28-25-4-3-24(36-25)21-13-30-14-23-19(21)9-22(32-23)26-20-8-18(12-31-27(20)34-33-26)17-7-16(10-29-11-17)15-35-5-1-2-6-35/h3-4,7-14,32H,1-2,5-6,15H2,(H,31,33,34). The number of H-pyrrole nitrogens is 2. The molecule has 0 amide bonds. The van der Waals surface area contributed by atoms with Gasteiger partial charge >= 0.3 is 0 Å². The third-order valence-corrected chi connectivity index (χ3v) is 7.70. The lowest BCUT2D eigenvalue weighted by Crippen LogP contribution is -2.18. The van der Waals surface area contributed by atoms with Crippen LogP contribution in [0.4, 0.5) is 4.39 Å². The van der Waals surface area contributed by atoms with Crippen molar-refractivity contribution in [3.05, 3.63) is 72.0 Å². The first-order valence-corrected chi connectivity index (χ1v) is 12.8. The van der Waals surface area contributed by atoms with E-state index in [1.807, 2.05) is 18.6 Å². The van der Waals surface area contributed by atoms with Crippen molar-refractivity contribution in [1.29, 1.82) is 0 Å². The van der Waals surface area contributed by atoms with E-state index in [1.54, 1.807) is 18.5 Å². The number of rotatable bonds is 5. The van der Waals surface area contributed by atoms with Crippen LogP contribution in [0.1, 0.15) is 18.4 Å². The highest BCUT2D eigenvalue weighted by Gasteiger charge is 2.16. The summed E-state index contributed by atoms with van der Waals surface area (Å²) >= 11 is 1.12. The van der Waals surface area contributed by atoms with E-state index in [0.717, 1.165) is 80.2 Å². The molecule has 7 heterocycles. The molecule has 0 bridgehead atoms. The summed E-state index contributed by atoms with van der Waals surface area (Å²) in [7, 11) is 0. The van der Waals surface area contributed by atoms with Gasteiger partial charge in [-0.2, -0.15) is 9.49 Å². The Morgan fingerprint density at radius 1 is 0.917 bits per heavy atom. The zero-order valence-electron chi connectivity index (χ0n) is 19.3. The fourth-order valence-corrected chi connectivity index (χ4v) is 5.79. The first-order valence-electron chi connectivity index (χ1n) is 11.9. The van der Waals surface area contributed by atoms with Crippen LogP contribution in [0.25, 0.3) is 54.9 Å². The molecule has 0 spiro atoms. The Bertz CT molecular complexity index is 1710. The van der Waals surface area contributed by atoms with Crippen molar-refractivity contribution in [3.8, 4) is 33.0 Å². The minimum Gasteiger partial charge on any atom is -0.352 e. The second-order valence-electron chi connectivity index (χ2n) is 9.19. The zero-order chi connectivity index (χ0) is 24.1. The van der Waals surface area contributed by atoms with Crippen LogP contribution >= 0.6 is 11.3 Å². The number of halogens is 1. The van der Waals surface area contributed by atoms with Gasteiger partial charge in [0.2, 0.25) is 0 Å². The van der Waals surface area contributed by atoms with Gasteiger partial charge in [-0.3, -0.25) is 20.0 Å². The second kappa shape index (κ2) is 8.61. The van der Waals surface area contributed by atoms with E-state index in [4.69, 9.17) is 0 Å². The van der Waals surface area contributed by atoms with Gasteiger partial charge in [-0.05, 0) is 61.8 Å². The largest absolute Gasteiger partial charge is 0.352 e. The number of aromatic nitrogens is 6. The quantitative estimate of drug-likeness (QED) is 0.305. The van der Waals surface area contributed by atoms with E-state index in [2.05, 4.69) is 53.2 Å². The Morgan fingerprint density at radius 2 is 1.78 bits per heavy atom. The average Bonchev–Trinajstić information content (AvgIpc) is 3.70. The lowest BCUT2D eigenvalue weighted by Gasteiger charge is -2.14. The molecule has 7 rings (SSSR count). The molecular weight excluding hydrogens is 473 g/mol. The van der Waals surface area contributed by atoms with Gasteiger partial charge in [0.15, 0.2) is 10.8 Å². The Balaban J connectivity index is 1.28. The fourth-order valence-electron chi connectivity index (χ4n) is 5.03. The number of hydrogen-bond donors (Lipinski definition) is 2. The predicted octanol–water partition coefficient (Wildman–Crippen LogP) is 6.03. The van der Waals surface area contributed by atoms with Gasteiger partial charge in [-0.25, -0.2) is 4.98 Å². The maximum atomic E-state index is 13.7. The van der Waals surface area contributed by atoms with E-state index >= 15 is 0 Å². The highest BCUT2D eigenvalue weighted by molar-refractivity contribution is 7.14. The number of thiophene rings is 1. The first kappa shape index (κ1) is 21.3. The minimum absolute atomic E-state index is 0.213. The summed E-state index contributed by atoms with van der Waals surface area (Å²) in [5.41, 5.74) is 7.38. The van der Waals surface area contributed by atoms with Crippen molar-refractivity contribution >= 4 is 33.3 Å². The van der Waals surface area contributed by atoms with Crippen LogP contribution in [0.15, 0.2) is 61.3 Å². The molecule has 0 atom stereocenters. The van der Waals surface area contributed by atoms with E-state index < -0.39 is 0 Å². The molecular formula is C27H22FN7S. The third kappa shape index (κ3) is 3.77. The topological polar surface area (TPSA) is 86.4 Å². The Hall–Kier alpha value is -3.95. The summed E-state index contributed by atoms with van der Waals surface area (Å²) in [6.07, 6.45) is 11.8. The van der Waals surface area contributed by atoms with Crippen molar-refractivity contribution < 1.29 is 4.39 Å². The summed E-state index contributed by atoms with van der Waals surface area (Å²) in [5, 5.41) is 9.26. The second-order valence-corrected chi connectivity index (χ2v) is 10.2. The van der Waals surface area contributed by atoms with Crippen LogP contribution in [0.2, 0.25) is 0 Å². The van der Waals surface area contributed by atoms with Gasteiger partial charge in [0.05, 0.1) is 23.1 Å². The van der Waals surface area contributed by atoms with E-state index in [1.165, 1.54) is 24.5 Å². The molecule has 6 aromatic rings.